The predicted octanol–water partition coefficient (Wildman–Crippen LogP) is 6.11. The number of Topliss-reactive ketones (excluding diaryl/α,β-unsaturated/α-hetero) is 1. The van der Waals surface area contributed by atoms with Gasteiger partial charge in [0.05, 0.1) is 4.90 Å². The first-order chi connectivity index (χ1) is 21.0. The van der Waals surface area contributed by atoms with Crippen molar-refractivity contribution < 1.29 is 18.0 Å². The van der Waals surface area contributed by atoms with Crippen LogP contribution in [-0.4, -0.2) is 42.2 Å². The molecule has 1 fully saturated rings. The molecule has 3 heterocycles. The summed E-state index contributed by atoms with van der Waals surface area (Å²) >= 11 is 0. The van der Waals surface area contributed by atoms with E-state index in [-0.39, 0.29) is 4.90 Å². The van der Waals surface area contributed by atoms with Crippen molar-refractivity contribution in [2.75, 3.05) is 18.0 Å². The van der Waals surface area contributed by atoms with E-state index in [0.717, 1.165) is 44.6 Å². The van der Waals surface area contributed by atoms with E-state index >= 15 is 0 Å². The summed E-state index contributed by atoms with van der Waals surface area (Å²) in [5.74, 6) is -0.211. The van der Waals surface area contributed by atoms with E-state index in [9.17, 15) is 18.0 Å². The molecule has 6 rings (SSSR count). The highest BCUT2D eigenvalue weighted by atomic mass is 32.2. The molecule has 1 aliphatic rings. The molecular weight excluding hydrogens is 572 g/mol. The van der Waals surface area contributed by atoms with Crippen LogP contribution in [0, 0.1) is 27.7 Å². The molecule has 2 aromatic heterocycles. The Balaban J connectivity index is 1.52. The van der Waals surface area contributed by atoms with Crippen LogP contribution in [0.4, 0.5) is 5.69 Å². The normalized spacial score (nSPS) is 13.9. The van der Waals surface area contributed by atoms with Gasteiger partial charge < -0.3 is 10.6 Å². The summed E-state index contributed by atoms with van der Waals surface area (Å²) in [7, 11) is -3.97. The van der Waals surface area contributed by atoms with Crippen molar-refractivity contribution in [1.82, 2.24) is 8.96 Å². The number of fused-ring (bicyclic) bond motifs is 1. The zero-order chi connectivity index (χ0) is 31.3. The van der Waals surface area contributed by atoms with Gasteiger partial charge in [-0.05, 0) is 91.9 Å². The first-order valence-electron chi connectivity index (χ1n) is 14.6. The van der Waals surface area contributed by atoms with E-state index in [1.165, 1.54) is 3.97 Å². The van der Waals surface area contributed by atoms with E-state index < -0.39 is 15.9 Å². The molecule has 1 aliphatic heterocycles. The van der Waals surface area contributed by atoms with E-state index in [0.29, 0.717) is 53.9 Å². The van der Waals surface area contributed by atoms with Crippen LogP contribution < -0.4 is 10.6 Å². The van der Waals surface area contributed by atoms with Gasteiger partial charge in [-0.2, -0.15) is 0 Å². The van der Waals surface area contributed by atoms with Gasteiger partial charge in [-0.1, -0.05) is 29.8 Å². The van der Waals surface area contributed by atoms with E-state index in [2.05, 4.69) is 24.0 Å². The Bertz CT molecular complexity index is 2070. The highest BCUT2D eigenvalue weighted by molar-refractivity contribution is 7.90. The van der Waals surface area contributed by atoms with Crippen molar-refractivity contribution >= 4 is 38.4 Å². The van der Waals surface area contributed by atoms with E-state index in [4.69, 9.17) is 10.7 Å². The second-order valence-corrected chi connectivity index (χ2v) is 13.4. The van der Waals surface area contributed by atoms with Gasteiger partial charge in [0.15, 0.2) is 5.65 Å². The van der Waals surface area contributed by atoms with Gasteiger partial charge in [0.2, 0.25) is 5.91 Å². The number of carbonyl (C=O) groups excluding carboxylic acids is 2. The van der Waals surface area contributed by atoms with E-state index in [1.807, 2.05) is 39.0 Å². The fourth-order valence-corrected chi connectivity index (χ4v) is 7.35. The van der Waals surface area contributed by atoms with Gasteiger partial charge in [-0.3, -0.25) is 9.59 Å². The van der Waals surface area contributed by atoms with Gasteiger partial charge in [-0.25, -0.2) is 17.4 Å². The molecule has 0 bridgehead atoms. The number of hydrogen-bond acceptors (Lipinski definition) is 6. The van der Waals surface area contributed by atoms with Crippen molar-refractivity contribution in [3.63, 3.8) is 0 Å². The summed E-state index contributed by atoms with van der Waals surface area (Å²) < 4.78 is 29.1. The van der Waals surface area contributed by atoms with Crippen LogP contribution in [0.25, 0.3) is 33.3 Å². The van der Waals surface area contributed by atoms with Crippen molar-refractivity contribution in [3.8, 4) is 22.3 Å². The Hall–Kier alpha value is -4.76. The summed E-state index contributed by atoms with van der Waals surface area (Å²) in [4.78, 5) is 30.9. The molecule has 0 unspecified atom stereocenters. The number of amides is 1. The number of pyridine rings is 1. The molecule has 44 heavy (non-hydrogen) atoms. The third-order valence-electron chi connectivity index (χ3n) is 8.72. The highest BCUT2D eigenvalue weighted by Gasteiger charge is 2.25. The molecule has 0 aliphatic carbocycles. The van der Waals surface area contributed by atoms with Crippen LogP contribution in [0.1, 0.15) is 45.5 Å². The van der Waals surface area contributed by atoms with Gasteiger partial charge in [-0.15, -0.1) is 0 Å². The Morgan fingerprint density at radius 1 is 0.841 bits per heavy atom. The number of aryl methyl sites for hydroxylation is 2. The lowest BCUT2D eigenvalue weighted by atomic mass is 9.93. The molecule has 0 spiro atoms. The molecule has 3 aromatic carbocycles. The number of anilines is 1. The molecule has 224 valence electrons. The molecular formula is C35H34N4O4S. The number of nitrogens with two attached hydrogens (primary N) is 1. The van der Waals surface area contributed by atoms with Crippen molar-refractivity contribution in [2.45, 2.75) is 45.4 Å². The van der Waals surface area contributed by atoms with Crippen LogP contribution in [0.2, 0.25) is 0 Å². The molecule has 0 atom stereocenters. The molecule has 8 nitrogen and oxygen atoms in total. The SMILES string of the molecule is Cc1ccc(S(=O)(=O)n2cc(-c3ccc(C(N)=O)c(C)c3C)c3cc(-c4ccc(N5CCC(=O)CC5)c(C)c4)cnc32)cc1. The fraction of sp³-hybridized carbons (Fsp3) is 0.229. The van der Waals surface area contributed by atoms with Gasteiger partial charge in [0.1, 0.15) is 5.78 Å². The minimum Gasteiger partial charge on any atom is -0.370 e. The Morgan fingerprint density at radius 2 is 1.55 bits per heavy atom. The maximum absolute atomic E-state index is 13.9. The van der Waals surface area contributed by atoms with E-state index in [1.54, 1.807) is 42.7 Å². The first kappa shape index (κ1) is 29.3. The molecule has 1 amide bonds. The average Bonchev–Trinajstić information content (AvgIpc) is 3.38. The number of rotatable bonds is 6. The fourth-order valence-electron chi connectivity index (χ4n) is 6.03. The van der Waals surface area contributed by atoms with Crippen molar-refractivity contribution in [1.29, 1.82) is 0 Å². The molecule has 0 saturated carbocycles. The average molecular weight is 607 g/mol. The zero-order valence-electron chi connectivity index (χ0n) is 25.2. The number of benzene rings is 3. The number of hydrogen-bond donors (Lipinski definition) is 1. The lowest BCUT2D eigenvalue weighted by Crippen LogP contribution is -2.34. The maximum atomic E-state index is 13.9. The molecule has 1 saturated heterocycles. The number of nitrogens with zero attached hydrogens (tertiary/aromatic N) is 3. The number of piperidine rings is 1. The second kappa shape index (κ2) is 11.1. The predicted molar refractivity (Wildman–Crippen MR) is 174 cm³/mol. The van der Waals surface area contributed by atoms with Crippen LogP contribution >= 0.6 is 0 Å². The smallest absolute Gasteiger partial charge is 0.269 e. The minimum absolute atomic E-state index is 0.167. The van der Waals surface area contributed by atoms with Crippen LogP contribution in [0.5, 0.6) is 0 Å². The molecule has 2 N–H and O–H groups in total. The van der Waals surface area contributed by atoms with Crippen LogP contribution in [-0.2, 0) is 14.8 Å². The summed E-state index contributed by atoms with van der Waals surface area (Å²) in [6.07, 6.45) is 4.45. The van der Waals surface area contributed by atoms with Gasteiger partial charge in [0, 0.05) is 66.1 Å². The van der Waals surface area contributed by atoms with Crippen molar-refractivity contribution in [3.05, 3.63) is 101 Å². The lowest BCUT2D eigenvalue weighted by molar-refractivity contribution is -0.119. The van der Waals surface area contributed by atoms with Crippen LogP contribution in [0.3, 0.4) is 0 Å². The van der Waals surface area contributed by atoms with Crippen LogP contribution in [0.15, 0.2) is 78.0 Å². The third-order valence-corrected chi connectivity index (χ3v) is 10.4. The number of aromatic nitrogens is 2. The molecule has 9 heteroatoms. The molecule has 0 radical (unpaired) electrons. The van der Waals surface area contributed by atoms with Crippen molar-refractivity contribution in [2.24, 2.45) is 5.73 Å². The Morgan fingerprint density at radius 3 is 2.20 bits per heavy atom. The highest BCUT2D eigenvalue weighted by Crippen LogP contribution is 2.38. The zero-order valence-corrected chi connectivity index (χ0v) is 26.0. The summed E-state index contributed by atoms with van der Waals surface area (Å²) in [6, 6.07) is 18.4. The number of carbonyl (C=O) groups is 2. The molecule has 5 aromatic rings. The third kappa shape index (κ3) is 5.07. The summed E-state index contributed by atoms with van der Waals surface area (Å²) in [5.41, 5.74) is 14.3. The first-order valence-corrected chi connectivity index (χ1v) is 16.0. The number of ketones is 1. The Kier molecular flexibility index (Phi) is 7.37. The van der Waals surface area contributed by atoms with Gasteiger partial charge in [0.25, 0.3) is 10.0 Å². The Labute approximate surface area is 257 Å². The summed E-state index contributed by atoms with van der Waals surface area (Å²) in [5, 5.41) is 0.670. The lowest BCUT2D eigenvalue weighted by Gasteiger charge is -2.29. The quantitative estimate of drug-likeness (QED) is 0.249. The standard InChI is InChI=1S/C35H34N4O4S/c1-21-5-8-28(9-6-21)44(42,43)39-20-32(29-10-11-30(34(36)41)24(4)23(29)3)31-18-26(19-37-35(31)39)25-7-12-33(22(2)17-25)38-15-13-27(40)14-16-38/h5-12,17-20H,13-16H2,1-4H3,(H2,36,41). The largest absolute Gasteiger partial charge is 0.370 e. The number of primary amides is 1. The summed E-state index contributed by atoms with van der Waals surface area (Å²) in [6.45, 7) is 9.14. The van der Waals surface area contributed by atoms with Gasteiger partial charge >= 0.3 is 0 Å². The second-order valence-electron chi connectivity index (χ2n) is 11.6. The minimum atomic E-state index is -3.97. The maximum Gasteiger partial charge on any atom is 0.269 e. The monoisotopic (exact) mass is 606 g/mol. The topological polar surface area (TPSA) is 115 Å².